The van der Waals surface area contributed by atoms with E-state index in [1.807, 2.05) is 0 Å². The number of amides is 2. The molecule has 0 bridgehead atoms. The molecular weight excluding hydrogens is 484 g/mol. The topological polar surface area (TPSA) is 144 Å². The van der Waals surface area contributed by atoms with Gasteiger partial charge in [0.1, 0.15) is 11.4 Å². The molecule has 0 unspecified atom stereocenters. The number of primary amides is 1. The Balaban J connectivity index is 2.17. The number of benzene rings is 1. The number of aromatic nitrogens is 2. The average molecular weight is 511 g/mol. The Bertz CT molecular complexity index is 1320. The van der Waals surface area contributed by atoms with E-state index in [4.69, 9.17) is 22.1 Å². The molecule has 1 atom stereocenters. The molecule has 2 aromatic heterocycles. The fourth-order valence-corrected chi connectivity index (χ4v) is 3.86. The van der Waals surface area contributed by atoms with Crippen molar-refractivity contribution in [2.45, 2.75) is 46.3 Å². The van der Waals surface area contributed by atoms with Crippen LogP contribution in [0, 0.1) is 13.8 Å². The lowest BCUT2D eigenvalue weighted by Crippen LogP contribution is -2.29. The molecular formula is C26H27ClN4O5. The Labute approximate surface area is 213 Å². The molecule has 2 amide bonds. The zero-order chi connectivity index (χ0) is 26.8. The molecule has 1 aromatic carbocycles. The van der Waals surface area contributed by atoms with Gasteiger partial charge in [-0.2, -0.15) is 0 Å². The van der Waals surface area contributed by atoms with E-state index in [0.29, 0.717) is 38.7 Å². The number of hydrogen-bond donors (Lipinski definition) is 3. The fraction of sp³-hybridized carbons (Fsp3) is 0.269. The number of carbonyl (C=O) groups excluding carboxylic acids is 2. The number of nitrogens with two attached hydrogens (primary N) is 1. The highest BCUT2D eigenvalue weighted by Crippen LogP contribution is 2.38. The van der Waals surface area contributed by atoms with Crippen LogP contribution in [0.1, 0.15) is 64.7 Å². The second-order valence-corrected chi connectivity index (χ2v) is 9.60. The Hall–Kier alpha value is -3.82. The number of halogens is 1. The van der Waals surface area contributed by atoms with E-state index >= 15 is 0 Å². The third-order valence-electron chi connectivity index (χ3n) is 5.25. The van der Waals surface area contributed by atoms with Gasteiger partial charge in [0.15, 0.2) is 6.10 Å². The highest BCUT2D eigenvalue weighted by Gasteiger charge is 2.33. The van der Waals surface area contributed by atoms with Crippen LogP contribution in [0.15, 0.2) is 42.6 Å². The zero-order valence-corrected chi connectivity index (χ0v) is 21.3. The van der Waals surface area contributed by atoms with Gasteiger partial charge in [-0.05, 0) is 75.6 Å². The van der Waals surface area contributed by atoms with Crippen molar-refractivity contribution >= 4 is 35.1 Å². The van der Waals surface area contributed by atoms with E-state index in [-0.39, 0.29) is 11.4 Å². The third kappa shape index (κ3) is 6.05. The van der Waals surface area contributed by atoms with Gasteiger partial charge in [0.25, 0.3) is 11.8 Å². The van der Waals surface area contributed by atoms with Crippen molar-refractivity contribution in [3.63, 3.8) is 0 Å². The molecule has 4 N–H and O–H groups in total. The Morgan fingerprint density at radius 3 is 2.22 bits per heavy atom. The number of carboxylic acids is 1. The van der Waals surface area contributed by atoms with Gasteiger partial charge in [-0.3, -0.25) is 9.59 Å². The van der Waals surface area contributed by atoms with Crippen LogP contribution in [0.25, 0.3) is 11.1 Å². The van der Waals surface area contributed by atoms with Gasteiger partial charge in [-0.25, -0.2) is 14.8 Å². The third-order valence-corrected chi connectivity index (χ3v) is 5.50. The van der Waals surface area contributed by atoms with Gasteiger partial charge in [0.2, 0.25) is 0 Å². The summed E-state index contributed by atoms with van der Waals surface area (Å²) in [5, 5.41) is 13.3. The van der Waals surface area contributed by atoms with Gasteiger partial charge < -0.3 is 20.9 Å². The van der Waals surface area contributed by atoms with Crippen molar-refractivity contribution in [2.24, 2.45) is 5.73 Å². The molecule has 36 heavy (non-hydrogen) atoms. The lowest BCUT2D eigenvalue weighted by Gasteiger charge is -2.28. The Morgan fingerprint density at radius 2 is 1.72 bits per heavy atom. The SMILES string of the molecule is Cc1nc(C(=O)Nc2ccc(C(N)=O)nc2)c(C)c(-c2ccc(Cl)cc2)c1[C@H](OC(C)(C)C)C(=O)O. The fourth-order valence-electron chi connectivity index (χ4n) is 3.73. The van der Waals surface area contributed by atoms with Crippen LogP contribution in [0.2, 0.25) is 5.02 Å². The first kappa shape index (κ1) is 26.8. The maximum absolute atomic E-state index is 13.2. The number of rotatable bonds is 7. The first-order chi connectivity index (χ1) is 16.8. The number of pyridine rings is 2. The van der Waals surface area contributed by atoms with E-state index in [9.17, 15) is 19.5 Å². The summed E-state index contributed by atoms with van der Waals surface area (Å²) in [6.45, 7) is 8.62. The number of nitrogens with one attached hydrogen (secondary N) is 1. The summed E-state index contributed by atoms with van der Waals surface area (Å²) in [6.07, 6.45) is -0.0173. The average Bonchev–Trinajstić information content (AvgIpc) is 2.79. The van der Waals surface area contributed by atoms with Crippen molar-refractivity contribution in [3.8, 4) is 11.1 Å². The monoisotopic (exact) mass is 510 g/mol. The highest BCUT2D eigenvalue weighted by atomic mass is 35.5. The molecule has 2 heterocycles. The summed E-state index contributed by atoms with van der Waals surface area (Å²) in [5.41, 5.74) is 7.25. The van der Waals surface area contributed by atoms with Crippen LogP contribution < -0.4 is 11.1 Å². The summed E-state index contributed by atoms with van der Waals surface area (Å²) in [4.78, 5) is 45.2. The second-order valence-electron chi connectivity index (χ2n) is 9.17. The smallest absolute Gasteiger partial charge is 0.337 e. The number of carboxylic acid groups (broad SMARTS) is 1. The number of carbonyl (C=O) groups is 3. The molecule has 0 aliphatic carbocycles. The molecule has 3 rings (SSSR count). The van der Waals surface area contributed by atoms with Gasteiger partial charge in [0, 0.05) is 16.3 Å². The standard InChI is InChI=1S/C26H27ClN4O5/c1-13-19(15-6-8-16(27)9-7-15)20(22(25(34)35)36-26(3,4)5)14(2)30-21(13)24(33)31-17-10-11-18(23(28)32)29-12-17/h6-12,22H,1-5H3,(H2,28,32)(H,31,33)(H,34,35)/t22-/m0/s1. The van der Waals surface area contributed by atoms with Crippen molar-refractivity contribution in [3.05, 3.63) is 75.8 Å². The number of nitrogens with zero attached hydrogens (tertiary/aromatic N) is 2. The molecule has 0 radical (unpaired) electrons. The van der Waals surface area contributed by atoms with E-state index in [1.54, 1.807) is 58.9 Å². The van der Waals surface area contributed by atoms with Crippen LogP contribution >= 0.6 is 11.6 Å². The predicted molar refractivity (Wildman–Crippen MR) is 136 cm³/mol. The summed E-state index contributed by atoms with van der Waals surface area (Å²) in [6, 6.07) is 9.76. The molecule has 10 heteroatoms. The minimum atomic E-state index is -1.33. The first-order valence-electron chi connectivity index (χ1n) is 11.0. The maximum atomic E-state index is 13.2. The minimum Gasteiger partial charge on any atom is -0.479 e. The van der Waals surface area contributed by atoms with Gasteiger partial charge in [-0.15, -0.1) is 0 Å². The molecule has 0 spiro atoms. The summed E-state index contributed by atoms with van der Waals surface area (Å²) < 4.78 is 5.92. The number of ether oxygens (including phenoxy) is 1. The van der Waals surface area contributed by atoms with Crippen LogP contribution in [0.3, 0.4) is 0 Å². The van der Waals surface area contributed by atoms with Crippen molar-refractivity contribution < 1.29 is 24.2 Å². The van der Waals surface area contributed by atoms with E-state index in [1.165, 1.54) is 18.3 Å². The van der Waals surface area contributed by atoms with Gasteiger partial charge in [-0.1, -0.05) is 23.7 Å². The summed E-state index contributed by atoms with van der Waals surface area (Å²) >= 11 is 6.08. The second kappa shape index (κ2) is 10.4. The lowest BCUT2D eigenvalue weighted by atomic mass is 9.89. The van der Waals surface area contributed by atoms with Gasteiger partial charge in [0.05, 0.1) is 17.5 Å². The van der Waals surface area contributed by atoms with Crippen LogP contribution in [-0.4, -0.2) is 38.5 Å². The van der Waals surface area contributed by atoms with E-state index < -0.39 is 29.5 Å². The quantitative estimate of drug-likeness (QED) is 0.417. The van der Waals surface area contributed by atoms with E-state index in [2.05, 4.69) is 15.3 Å². The number of aliphatic carboxylic acids is 1. The molecule has 0 aliphatic rings. The number of hydrogen-bond acceptors (Lipinski definition) is 6. The van der Waals surface area contributed by atoms with Crippen LogP contribution in [-0.2, 0) is 9.53 Å². The van der Waals surface area contributed by atoms with Gasteiger partial charge >= 0.3 is 5.97 Å². The van der Waals surface area contributed by atoms with Crippen LogP contribution in [0.5, 0.6) is 0 Å². The largest absolute Gasteiger partial charge is 0.479 e. The maximum Gasteiger partial charge on any atom is 0.337 e. The minimum absolute atomic E-state index is 0.0612. The predicted octanol–water partition coefficient (Wildman–Crippen LogP) is 4.71. The molecule has 9 nitrogen and oxygen atoms in total. The number of aryl methyl sites for hydroxylation is 1. The molecule has 3 aromatic rings. The van der Waals surface area contributed by atoms with Crippen molar-refractivity contribution in [2.75, 3.05) is 5.32 Å². The normalized spacial score (nSPS) is 12.2. The van der Waals surface area contributed by atoms with Crippen LogP contribution in [0.4, 0.5) is 5.69 Å². The zero-order valence-electron chi connectivity index (χ0n) is 20.5. The Morgan fingerprint density at radius 1 is 1.08 bits per heavy atom. The lowest BCUT2D eigenvalue weighted by molar-refractivity contribution is -0.160. The summed E-state index contributed by atoms with van der Waals surface area (Å²) in [7, 11) is 0. The Kier molecular flexibility index (Phi) is 7.76. The molecule has 0 saturated heterocycles. The van der Waals surface area contributed by atoms with E-state index in [0.717, 1.165) is 0 Å². The molecule has 0 fully saturated rings. The van der Waals surface area contributed by atoms with Crippen molar-refractivity contribution in [1.29, 1.82) is 0 Å². The molecule has 188 valence electrons. The molecule has 0 saturated carbocycles. The van der Waals surface area contributed by atoms with Crippen molar-refractivity contribution in [1.82, 2.24) is 9.97 Å². The summed E-state index contributed by atoms with van der Waals surface area (Å²) in [5.74, 6) is -2.40. The number of anilines is 1. The molecule has 0 aliphatic heterocycles. The highest BCUT2D eigenvalue weighted by molar-refractivity contribution is 6.30. The first-order valence-corrected chi connectivity index (χ1v) is 11.4.